The largest absolute Gasteiger partial charge is 0.444 e. The van der Waals surface area contributed by atoms with Gasteiger partial charge in [-0.15, -0.1) is 5.10 Å². The van der Waals surface area contributed by atoms with E-state index in [-0.39, 0.29) is 6.09 Å². The number of nitrogens with two attached hydrogens (primary N) is 1. The first kappa shape index (κ1) is 24.8. The number of hydrogen-bond donors (Lipinski definition) is 1. The molecule has 0 aliphatic carbocycles. The van der Waals surface area contributed by atoms with Gasteiger partial charge < -0.3 is 15.4 Å². The van der Waals surface area contributed by atoms with Crippen molar-refractivity contribution in [1.82, 2.24) is 9.80 Å². The molecule has 8 heteroatoms. The second-order valence-electron chi connectivity index (χ2n) is 8.94. The van der Waals surface area contributed by atoms with Gasteiger partial charge in [0.15, 0.2) is 5.17 Å². The molecule has 1 aliphatic heterocycles. The van der Waals surface area contributed by atoms with Gasteiger partial charge in [0.2, 0.25) is 0 Å². The van der Waals surface area contributed by atoms with Crippen LogP contribution in [-0.2, 0) is 17.0 Å². The zero-order valence-corrected chi connectivity index (χ0v) is 20.4. The van der Waals surface area contributed by atoms with Crippen molar-refractivity contribution in [1.29, 1.82) is 0 Å². The standard InChI is InChI=1S/C25H33N5O2S/c1-25(2,3)32-24(31)30-15-13-29(14-16-30)18-21-11-9-20(10-12-21)17-27-28-23(26)33-19-22-7-5-4-6-8-22/h4-12,17H,13-16,18-19H2,1-3H3,(H2,26,28). The van der Waals surface area contributed by atoms with E-state index in [1.165, 1.54) is 22.9 Å². The summed E-state index contributed by atoms with van der Waals surface area (Å²) in [5.41, 5.74) is 8.87. The minimum absolute atomic E-state index is 0.229. The van der Waals surface area contributed by atoms with Gasteiger partial charge in [-0.25, -0.2) is 4.79 Å². The molecule has 2 aromatic carbocycles. The maximum absolute atomic E-state index is 12.2. The summed E-state index contributed by atoms with van der Waals surface area (Å²) in [4.78, 5) is 16.3. The average Bonchev–Trinajstić information content (AvgIpc) is 2.79. The Hall–Kier alpha value is -2.84. The molecule has 1 aliphatic rings. The van der Waals surface area contributed by atoms with E-state index in [1.54, 1.807) is 11.1 Å². The fourth-order valence-corrected chi connectivity index (χ4v) is 3.91. The van der Waals surface area contributed by atoms with Crippen LogP contribution in [-0.4, -0.2) is 59.1 Å². The van der Waals surface area contributed by atoms with Crippen LogP contribution < -0.4 is 5.73 Å². The number of nitrogens with zero attached hydrogens (tertiary/aromatic N) is 4. The molecule has 1 heterocycles. The molecular weight excluding hydrogens is 434 g/mol. The van der Waals surface area contributed by atoms with Crippen LogP contribution in [0, 0.1) is 0 Å². The van der Waals surface area contributed by atoms with Crippen LogP contribution in [0.5, 0.6) is 0 Å². The van der Waals surface area contributed by atoms with Crippen LogP contribution in [0.2, 0.25) is 0 Å². The lowest BCUT2D eigenvalue weighted by atomic mass is 10.1. The number of amides is 1. The third-order valence-corrected chi connectivity index (χ3v) is 5.86. The smallest absolute Gasteiger partial charge is 0.410 e. The van der Waals surface area contributed by atoms with Crippen LogP contribution in [0.4, 0.5) is 4.79 Å². The fraction of sp³-hybridized carbons (Fsp3) is 0.400. The first-order valence-electron chi connectivity index (χ1n) is 11.1. The number of rotatable bonds is 6. The number of amidine groups is 1. The average molecular weight is 468 g/mol. The minimum Gasteiger partial charge on any atom is -0.444 e. The Kier molecular flexibility index (Phi) is 8.91. The maximum atomic E-state index is 12.2. The van der Waals surface area contributed by atoms with E-state index < -0.39 is 5.60 Å². The van der Waals surface area contributed by atoms with Crippen molar-refractivity contribution < 1.29 is 9.53 Å². The molecule has 7 nitrogen and oxygen atoms in total. The van der Waals surface area contributed by atoms with Crippen LogP contribution in [0.15, 0.2) is 64.8 Å². The first-order chi connectivity index (χ1) is 15.8. The lowest BCUT2D eigenvalue weighted by Crippen LogP contribution is -2.49. The van der Waals surface area contributed by atoms with Crippen molar-refractivity contribution in [3.63, 3.8) is 0 Å². The van der Waals surface area contributed by atoms with E-state index in [9.17, 15) is 4.79 Å². The summed E-state index contributed by atoms with van der Waals surface area (Å²) in [6.07, 6.45) is 1.48. The number of benzene rings is 2. The van der Waals surface area contributed by atoms with Gasteiger partial charge in [0.25, 0.3) is 0 Å². The quantitative estimate of drug-likeness (QED) is 0.389. The monoisotopic (exact) mass is 467 g/mol. The summed E-state index contributed by atoms with van der Waals surface area (Å²) in [6, 6.07) is 18.4. The lowest BCUT2D eigenvalue weighted by molar-refractivity contribution is 0.0139. The molecule has 1 fully saturated rings. The zero-order valence-electron chi connectivity index (χ0n) is 19.6. The summed E-state index contributed by atoms with van der Waals surface area (Å²) in [7, 11) is 0. The molecule has 33 heavy (non-hydrogen) atoms. The first-order valence-corrected chi connectivity index (χ1v) is 12.1. The number of thioether (sulfide) groups is 1. The number of hydrogen-bond acceptors (Lipinski definition) is 6. The highest BCUT2D eigenvalue weighted by molar-refractivity contribution is 8.13. The van der Waals surface area contributed by atoms with Gasteiger partial charge in [-0.3, -0.25) is 4.90 Å². The van der Waals surface area contributed by atoms with Crippen molar-refractivity contribution in [3.8, 4) is 0 Å². The normalized spacial score (nSPS) is 15.7. The fourth-order valence-electron chi connectivity index (χ4n) is 3.30. The Morgan fingerprint density at radius 3 is 2.33 bits per heavy atom. The molecule has 0 unspecified atom stereocenters. The molecule has 2 N–H and O–H groups in total. The van der Waals surface area contributed by atoms with Gasteiger partial charge in [0, 0.05) is 38.5 Å². The summed E-state index contributed by atoms with van der Waals surface area (Å²) < 4.78 is 5.46. The minimum atomic E-state index is -0.461. The highest BCUT2D eigenvalue weighted by Crippen LogP contribution is 2.14. The topological polar surface area (TPSA) is 83.5 Å². The van der Waals surface area contributed by atoms with Crippen LogP contribution in [0.3, 0.4) is 0 Å². The second kappa shape index (κ2) is 11.9. The predicted molar refractivity (Wildman–Crippen MR) is 136 cm³/mol. The van der Waals surface area contributed by atoms with E-state index in [4.69, 9.17) is 10.5 Å². The van der Waals surface area contributed by atoms with Crippen LogP contribution in [0.25, 0.3) is 0 Å². The molecule has 0 bridgehead atoms. The third-order valence-electron chi connectivity index (χ3n) is 5.00. The molecule has 0 saturated carbocycles. The van der Waals surface area contributed by atoms with E-state index in [1.807, 2.05) is 51.1 Å². The Labute approximate surface area is 200 Å². The summed E-state index contributed by atoms with van der Waals surface area (Å²) >= 11 is 1.47. The Balaban J connectivity index is 1.41. The summed E-state index contributed by atoms with van der Waals surface area (Å²) in [6.45, 7) is 9.54. The van der Waals surface area contributed by atoms with Crippen molar-refractivity contribution in [2.24, 2.45) is 15.9 Å². The third kappa shape index (κ3) is 8.90. The van der Waals surface area contributed by atoms with Gasteiger partial charge >= 0.3 is 6.09 Å². The van der Waals surface area contributed by atoms with Crippen molar-refractivity contribution >= 4 is 29.2 Å². The van der Waals surface area contributed by atoms with Gasteiger partial charge in [0.05, 0.1) is 6.21 Å². The van der Waals surface area contributed by atoms with E-state index >= 15 is 0 Å². The van der Waals surface area contributed by atoms with E-state index in [0.717, 1.165) is 31.0 Å². The highest BCUT2D eigenvalue weighted by atomic mass is 32.2. The van der Waals surface area contributed by atoms with Gasteiger partial charge in [0.1, 0.15) is 5.60 Å². The van der Waals surface area contributed by atoms with Crippen molar-refractivity contribution in [2.75, 3.05) is 26.2 Å². The Bertz CT molecular complexity index is 947. The summed E-state index contributed by atoms with van der Waals surface area (Å²) in [5, 5.41) is 8.62. The van der Waals surface area contributed by atoms with Gasteiger partial charge in [-0.2, -0.15) is 5.10 Å². The zero-order chi connectivity index (χ0) is 23.7. The number of carbonyl (C=O) groups excluding carboxylic acids is 1. The van der Waals surface area contributed by atoms with Gasteiger partial charge in [-0.1, -0.05) is 66.4 Å². The van der Waals surface area contributed by atoms with Crippen molar-refractivity contribution in [3.05, 3.63) is 71.3 Å². The van der Waals surface area contributed by atoms with Crippen LogP contribution >= 0.6 is 11.8 Å². The molecule has 3 rings (SSSR count). The Morgan fingerprint density at radius 2 is 1.70 bits per heavy atom. The molecule has 1 saturated heterocycles. The molecule has 0 aromatic heterocycles. The molecular formula is C25H33N5O2S. The SMILES string of the molecule is CC(C)(C)OC(=O)N1CCN(Cc2ccc(C=NN=C(N)SCc3ccccc3)cc2)CC1. The number of piperazine rings is 1. The molecule has 1 amide bonds. The molecule has 0 spiro atoms. The van der Waals surface area contributed by atoms with E-state index in [2.05, 4.69) is 39.4 Å². The molecule has 2 aromatic rings. The predicted octanol–water partition coefficient (Wildman–Crippen LogP) is 4.32. The second-order valence-corrected chi connectivity index (χ2v) is 9.94. The highest BCUT2D eigenvalue weighted by Gasteiger charge is 2.25. The summed E-state index contributed by atoms with van der Waals surface area (Å²) in [5.74, 6) is 0.770. The van der Waals surface area contributed by atoms with Crippen LogP contribution in [0.1, 0.15) is 37.5 Å². The number of carbonyl (C=O) groups is 1. The molecule has 176 valence electrons. The van der Waals surface area contributed by atoms with Gasteiger partial charge in [-0.05, 0) is 37.5 Å². The molecule has 0 radical (unpaired) electrons. The Morgan fingerprint density at radius 1 is 1.03 bits per heavy atom. The number of ether oxygens (including phenoxy) is 1. The van der Waals surface area contributed by atoms with Crippen molar-refractivity contribution in [2.45, 2.75) is 38.7 Å². The van der Waals surface area contributed by atoms with E-state index in [0.29, 0.717) is 18.3 Å². The maximum Gasteiger partial charge on any atom is 0.410 e. The molecule has 0 atom stereocenters. The lowest BCUT2D eigenvalue weighted by Gasteiger charge is -2.35.